The highest BCUT2D eigenvalue weighted by Crippen LogP contribution is 2.28. The average Bonchev–Trinajstić information content (AvgIpc) is 2.60. The Morgan fingerprint density at radius 3 is 2.79 bits per heavy atom. The van der Waals surface area contributed by atoms with E-state index >= 15 is 0 Å². The third kappa shape index (κ3) is 1.38. The third-order valence-electron chi connectivity index (χ3n) is 2.15. The average molecular weight is 206 g/mol. The first-order chi connectivity index (χ1) is 6.70. The van der Waals surface area contributed by atoms with Gasteiger partial charge in [-0.2, -0.15) is 0 Å². The number of fused-ring (bicyclic) bond motifs is 1. The smallest absolute Gasteiger partial charge is 0.238 e. The van der Waals surface area contributed by atoms with Crippen LogP contribution in [0.3, 0.4) is 0 Å². The minimum absolute atomic E-state index is 0.492. The summed E-state index contributed by atoms with van der Waals surface area (Å²) in [4.78, 5) is 10.9. The Labute approximate surface area is 85.3 Å². The van der Waals surface area contributed by atoms with Gasteiger partial charge in [-0.25, -0.2) is 0 Å². The van der Waals surface area contributed by atoms with Crippen molar-refractivity contribution in [3.05, 3.63) is 35.2 Å². The highest BCUT2D eigenvalue weighted by molar-refractivity contribution is 7.17. The molecule has 0 saturated carbocycles. The topological polar surface area (TPSA) is 69.1 Å². The number of nitrogens with two attached hydrogens (primary N) is 2. The summed E-state index contributed by atoms with van der Waals surface area (Å²) >= 11 is 1.57. The van der Waals surface area contributed by atoms with Crippen LogP contribution in [-0.4, -0.2) is 5.91 Å². The summed E-state index contributed by atoms with van der Waals surface area (Å²) in [6.07, 6.45) is 0. The predicted molar refractivity (Wildman–Crippen MR) is 57.9 cm³/mol. The van der Waals surface area contributed by atoms with Gasteiger partial charge in [0.2, 0.25) is 5.91 Å². The van der Waals surface area contributed by atoms with E-state index in [4.69, 9.17) is 11.5 Å². The molecule has 0 fully saturated rings. The Hall–Kier alpha value is -1.39. The molecule has 2 rings (SSSR count). The van der Waals surface area contributed by atoms with Gasteiger partial charge in [-0.1, -0.05) is 18.2 Å². The predicted octanol–water partition coefficient (Wildman–Crippen LogP) is 1.39. The van der Waals surface area contributed by atoms with Crippen LogP contribution < -0.4 is 11.5 Å². The number of hydrogen-bond acceptors (Lipinski definition) is 3. The van der Waals surface area contributed by atoms with Crippen LogP contribution in [0, 0.1) is 0 Å². The third-order valence-corrected chi connectivity index (χ3v) is 3.13. The number of benzene rings is 1. The van der Waals surface area contributed by atoms with Crippen molar-refractivity contribution in [2.45, 2.75) is 6.04 Å². The van der Waals surface area contributed by atoms with Crippen LogP contribution in [0.4, 0.5) is 0 Å². The minimum atomic E-state index is -0.703. The van der Waals surface area contributed by atoms with Gasteiger partial charge in [0.1, 0.15) is 6.04 Å². The van der Waals surface area contributed by atoms with E-state index in [1.807, 2.05) is 29.6 Å². The van der Waals surface area contributed by atoms with Crippen LogP contribution in [0.5, 0.6) is 0 Å². The molecule has 1 atom stereocenters. The first-order valence-corrected chi connectivity index (χ1v) is 5.09. The zero-order chi connectivity index (χ0) is 10.1. The molecule has 1 amide bonds. The SMILES string of the molecule is NC(=O)[C@H](N)c1csc2ccccc12. The molecule has 0 aliphatic heterocycles. The van der Waals surface area contributed by atoms with Crippen molar-refractivity contribution in [3.8, 4) is 0 Å². The standard InChI is InChI=1S/C10H10N2OS/c11-9(10(12)13)7-5-14-8-4-2-1-3-6(7)8/h1-5,9H,11H2,(H2,12,13)/t9-/m1/s1. The van der Waals surface area contributed by atoms with E-state index in [2.05, 4.69) is 0 Å². The largest absolute Gasteiger partial charge is 0.368 e. The Bertz CT molecular complexity index is 478. The molecular weight excluding hydrogens is 196 g/mol. The van der Waals surface area contributed by atoms with Crippen molar-refractivity contribution in [3.63, 3.8) is 0 Å². The molecule has 0 bridgehead atoms. The lowest BCUT2D eigenvalue weighted by Crippen LogP contribution is -2.27. The van der Waals surface area contributed by atoms with E-state index < -0.39 is 11.9 Å². The fraction of sp³-hybridized carbons (Fsp3) is 0.100. The highest BCUT2D eigenvalue weighted by atomic mass is 32.1. The molecule has 4 N–H and O–H groups in total. The number of primary amides is 1. The Balaban J connectivity index is 2.58. The van der Waals surface area contributed by atoms with Crippen LogP contribution >= 0.6 is 11.3 Å². The molecule has 3 nitrogen and oxygen atoms in total. The van der Waals surface area contributed by atoms with Gasteiger partial charge in [0.05, 0.1) is 0 Å². The molecule has 72 valence electrons. The molecule has 1 aromatic carbocycles. The second-order valence-corrected chi connectivity index (χ2v) is 3.98. The lowest BCUT2D eigenvalue weighted by molar-refractivity contribution is -0.119. The molecular formula is C10H10N2OS. The van der Waals surface area contributed by atoms with Crippen LogP contribution in [0.2, 0.25) is 0 Å². The summed E-state index contributed by atoms with van der Waals surface area (Å²) in [5.41, 5.74) is 11.7. The van der Waals surface area contributed by atoms with Gasteiger partial charge < -0.3 is 11.5 Å². The van der Waals surface area contributed by atoms with Crippen LogP contribution in [-0.2, 0) is 4.79 Å². The lowest BCUT2D eigenvalue weighted by atomic mass is 10.1. The number of hydrogen-bond donors (Lipinski definition) is 2. The summed E-state index contributed by atoms with van der Waals surface area (Å²) in [6.45, 7) is 0. The Kier molecular flexibility index (Phi) is 2.23. The maximum atomic E-state index is 10.9. The number of carbonyl (C=O) groups is 1. The second kappa shape index (κ2) is 3.40. The number of thiophene rings is 1. The van der Waals surface area contributed by atoms with E-state index in [0.29, 0.717) is 0 Å². The quantitative estimate of drug-likeness (QED) is 0.779. The molecule has 0 aliphatic rings. The first-order valence-electron chi connectivity index (χ1n) is 4.21. The van der Waals surface area contributed by atoms with Gasteiger partial charge in [-0.05, 0) is 22.4 Å². The summed E-state index contributed by atoms with van der Waals surface area (Å²) in [7, 11) is 0. The summed E-state index contributed by atoms with van der Waals surface area (Å²) in [5.74, 6) is -0.492. The molecule has 4 heteroatoms. The summed E-state index contributed by atoms with van der Waals surface area (Å²) in [6, 6.07) is 7.12. The van der Waals surface area contributed by atoms with Crippen molar-refractivity contribution in [1.29, 1.82) is 0 Å². The minimum Gasteiger partial charge on any atom is -0.368 e. The molecule has 0 radical (unpaired) electrons. The highest BCUT2D eigenvalue weighted by Gasteiger charge is 2.15. The molecule has 0 spiro atoms. The van der Waals surface area contributed by atoms with E-state index in [9.17, 15) is 4.79 Å². The molecule has 0 saturated heterocycles. The zero-order valence-corrected chi connectivity index (χ0v) is 8.25. The van der Waals surface area contributed by atoms with Crippen molar-refractivity contribution in [2.75, 3.05) is 0 Å². The van der Waals surface area contributed by atoms with Crippen LogP contribution in [0.25, 0.3) is 10.1 Å². The molecule has 1 aromatic heterocycles. The number of amides is 1. The fourth-order valence-corrected chi connectivity index (χ4v) is 2.39. The first kappa shape index (κ1) is 9.18. The van der Waals surface area contributed by atoms with Gasteiger partial charge in [-0.3, -0.25) is 4.79 Å². The van der Waals surface area contributed by atoms with Gasteiger partial charge in [-0.15, -0.1) is 11.3 Å². The molecule has 0 aliphatic carbocycles. The van der Waals surface area contributed by atoms with Crippen LogP contribution in [0.1, 0.15) is 11.6 Å². The van der Waals surface area contributed by atoms with Crippen molar-refractivity contribution in [2.24, 2.45) is 11.5 Å². The molecule has 2 aromatic rings. The number of carbonyl (C=O) groups excluding carboxylic acids is 1. The van der Waals surface area contributed by atoms with E-state index in [0.717, 1.165) is 15.6 Å². The van der Waals surface area contributed by atoms with Crippen molar-refractivity contribution < 1.29 is 4.79 Å². The molecule has 14 heavy (non-hydrogen) atoms. The normalized spacial score (nSPS) is 12.9. The van der Waals surface area contributed by atoms with Crippen LogP contribution in [0.15, 0.2) is 29.6 Å². The van der Waals surface area contributed by atoms with Gasteiger partial charge >= 0.3 is 0 Å². The summed E-state index contributed by atoms with van der Waals surface area (Å²) < 4.78 is 1.12. The van der Waals surface area contributed by atoms with Gasteiger partial charge in [0, 0.05) is 4.70 Å². The summed E-state index contributed by atoms with van der Waals surface area (Å²) in [5, 5.41) is 2.91. The second-order valence-electron chi connectivity index (χ2n) is 3.07. The van der Waals surface area contributed by atoms with E-state index in [1.165, 1.54) is 0 Å². The maximum absolute atomic E-state index is 10.9. The monoisotopic (exact) mass is 206 g/mol. The zero-order valence-electron chi connectivity index (χ0n) is 7.44. The fourth-order valence-electron chi connectivity index (χ4n) is 1.39. The maximum Gasteiger partial charge on any atom is 0.238 e. The van der Waals surface area contributed by atoms with Crippen molar-refractivity contribution >= 4 is 27.3 Å². The molecule has 1 heterocycles. The Morgan fingerprint density at radius 1 is 1.36 bits per heavy atom. The van der Waals surface area contributed by atoms with Crippen molar-refractivity contribution in [1.82, 2.24) is 0 Å². The van der Waals surface area contributed by atoms with Gasteiger partial charge in [0.15, 0.2) is 0 Å². The van der Waals surface area contributed by atoms with Gasteiger partial charge in [0.25, 0.3) is 0 Å². The number of rotatable bonds is 2. The van der Waals surface area contributed by atoms with E-state index in [1.54, 1.807) is 11.3 Å². The lowest BCUT2D eigenvalue weighted by Gasteiger charge is -2.05. The van der Waals surface area contributed by atoms with E-state index in [-0.39, 0.29) is 0 Å². The Morgan fingerprint density at radius 2 is 2.07 bits per heavy atom. The molecule has 0 unspecified atom stereocenters.